The molecule has 2 aromatic carbocycles. The number of benzene rings is 2. The minimum absolute atomic E-state index is 0.0776. The Morgan fingerprint density at radius 1 is 1.04 bits per heavy atom. The van der Waals surface area contributed by atoms with Gasteiger partial charge in [0.1, 0.15) is 5.75 Å². The van der Waals surface area contributed by atoms with Gasteiger partial charge in [0, 0.05) is 52.4 Å². The van der Waals surface area contributed by atoms with Gasteiger partial charge in [-0.25, -0.2) is 0 Å². The molecule has 1 saturated heterocycles. The Labute approximate surface area is 161 Å². The third-order valence-corrected chi connectivity index (χ3v) is 5.94. The minimum Gasteiger partial charge on any atom is -0.497 e. The fraction of sp³-hybridized carbons (Fsp3) is 0.250. The molecule has 1 aliphatic rings. The van der Waals surface area contributed by atoms with Gasteiger partial charge in [-0.1, -0.05) is 17.7 Å². The molecule has 0 saturated carbocycles. The second kappa shape index (κ2) is 7.17. The summed E-state index contributed by atoms with van der Waals surface area (Å²) in [6.45, 7) is 3.34. The summed E-state index contributed by atoms with van der Waals surface area (Å²) in [5.41, 5.74) is 1.99. The number of piperazine rings is 1. The molecule has 26 heavy (non-hydrogen) atoms. The van der Waals surface area contributed by atoms with E-state index in [1.54, 1.807) is 18.4 Å². The average molecular weight is 387 g/mol. The van der Waals surface area contributed by atoms with E-state index in [1.807, 2.05) is 41.8 Å². The fourth-order valence-corrected chi connectivity index (χ4v) is 4.43. The summed E-state index contributed by atoms with van der Waals surface area (Å²) in [5.74, 6) is 0.713. The lowest BCUT2D eigenvalue weighted by atomic mass is 10.2. The Morgan fingerprint density at radius 3 is 2.54 bits per heavy atom. The molecule has 0 spiro atoms. The predicted molar refractivity (Wildman–Crippen MR) is 111 cm³/mol. The van der Waals surface area contributed by atoms with Crippen molar-refractivity contribution in [2.45, 2.75) is 0 Å². The van der Waals surface area contributed by atoms with E-state index in [0.29, 0.717) is 5.75 Å². The molecule has 1 aromatic heterocycles. The van der Waals surface area contributed by atoms with Crippen molar-refractivity contribution in [2.24, 2.45) is 0 Å². The molecule has 4 nitrogen and oxygen atoms in total. The average Bonchev–Trinajstić information content (AvgIpc) is 2.68. The Bertz CT molecular complexity index is 997. The van der Waals surface area contributed by atoms with Gasteiger partial charge < -0.3 is 14.5 Å². The number of ether oxygens (including phenoxy) is 1. The zero-order chi connectivity index (χ0) is 18.1. The third kappa shape index (κ3) is 3.24. The number of rotatable bonds is 3. The van der Waals surface area contributed by atoms with Gasteiger partial charge in [0.05, 0.1) is 12.8 Å². The van der Waals surface area contributed by atoms with Crippen molar-refractivity contribution >= 4 is 44.4 Å². The van der Waals surface area contributed by atoms with Crippen LogP contribution in [-0.2, 0) is 0 Å². The third-order valence-electron chi connectivity index (χ3n) is 4.76. The molecule has 0 radical (unpaired) electrons. The van der Waals surface area contributed by atoms with Crippen LogP contribution < -0.4 is 20.0 Å². The van der Waals surface area contributed by atoms with Gasteiger partial charge >= 0.3 is 0 Å². The SMILES string of the molecule is COc1ccc2scc(N3CCN(c4cccc(Cl)c4)CC3)c(=O)c2c1. The maximum Gasteiger partial charge on any atom is 0.211 e. The van der Waals surface area contributed by atoms with Crippen LogP contribution in [0.25, 0.3) is 10.1 Å². The normalized spacial score (nSPS) is 14.7. The summed E-state index contributed by atoms with van der Waals surface area (Å²) < 4.78 is 6.25. The lowest BCUT2D eigenvalue weighted by Gasteiger charge is -2.37. The van der Waals surface area contributed by atoms with Crippen molar-refractivity contribution < 1.29 is 4.74 Å². The molecule has 2 heterocycles. The molecule has 1 fully saturated rings. The number of hydrogen-bond acceptors (Lipinski definition) is 5. The molecular formula is C20H19ClN2O2S. The van der Waals surface area contributed by atoms with Gasteiger partial charge in [-0.3, -0.25) is 4.79 Å². The highest BCUT2D eigenvalue weighted by Gasteiger charge is 2.20. The topological polar surface area (TPSA) is 32.8 Å². The highest BCUT2D eigenvalue weighted by molar-refractivity contribution is 7.16. The first-order valence-corrected chi connectivity index (χ1v) is 9.76. The van der Waals surface area contributed by atoms with Crippen molar-refractivity contribution in [1.82, 2.24) is 0 Å². The van der Waals surface area contributed by atoms with Gasteiger partial charge in [0.15, 0.2) is 0 Å². The number of anilines is 2. The maximum absolute atomic E-state index is 13.0. The largest absolute Gasteiger partial charge is 0.497 e. The summed E-state index contributed by atoms with van der Waals surface area (Å²) in [5, 5.41) is 3.45. The number of hydrogen-bond donors (Lipinski definition) is 0. The van der Waals surface area contributed by atoms with E-state index in [9.17, 15) is 4.79 Å². The standard InChI is InChI=1S/C20H19ClN2O2S/c1-25-16-5-6-19-17(12-16)20(24)18(13-26-19)23-9-7-22(8-10-23)15-4-2-3-14(21)11-15/h2-6,11-13H,7-10H2,1H3. The molecule has 0 N–H and O–H groups in total. The van der Waals surface area contributed by atoms with Crippen molar-refractivity contribution in [2.75, 3.05) is 43.1 Å². The van der Waals surface area contributed by atoms with Crippen molar-refractivity contribution in [3.63, 3.8) is 0 Å². The second-order valence-corrected chi connectivity index (χ2v) is 7.61. The first-order chi connectivity index (χ1) is 12.7. The van der Waals surface area contributed by atoms with Crippen LogP contribution in [0.2, 0.25) is 5.02 Å². The molecular weight excluding hydrogens is 368 g/mol. The number of nitrogens with zero attached hydrogens (tertiary/aromatic N) is 2. The Kier molecular flexibility index (Phi) is 4.74. The van der Waals surface area contributed by atoms with Gasteiger partial charge in [0.2, 0.25) is 5.43 Å². The fourth-order valence-electron chi connectivity index (χ4n) is 3.32. The lowest BCUT2D eigenvalue weighted by molar-refractivity contribution is 0.415. The monoisotopic (exact) mass is 386 g/mol. The molecule has 6 heteroatoms. The van der Waals surface area contributed by atoms with Crippen LogP contribution in [0.4, 0.5) is 11.4 Å². The Morgan fingerprint density at radius 2 is 1.81 bits per heavy atom. The van der Waals surface area contributed by atoms with Crippen molar-refractivity contribution in [3.05, 3.63) is 63.1 Å². The summed E-state index contributed by atoms with van der Waals surface area (Å²) >= 11 is 7.70. The van der Waals surface area contributed by atoms with E-state index in [0.717, 1.165) is 52.7 Å². The Balaban J connectivity index is 1.57. The maximum atomic E-state index is 13.0. The van der Waals surface area contributed by atoms with Crippen LogP contribution in [0, 0.1) is 0 Å². The van der Waals surface area contributed by atoms with E-state index in [4.69, 9.17) is 16.3 Å². The molecule has 0 unspecified atom stereocenters. The van der Waals surface area contributed by atoms with Crippen molar-refractivity contribution in [1.29, 1.82) is 0 Å². The molecule has 4 rings (SSSR count). The van der Waals surface area contributed by atoms with Crippen LogP contribution in [-0.4, -0.2) is 33.3 Å². The molecule has 0 amide bonds. The van der Waals surface area contributed by atoms with E-state index in [-0.39, 0.29) is 5.43 Å². The van der Waals surface area contributed by atoms with Gasteiger partial charge in [-0.05, 0) is 36.4 Å². The van der Waals surface area contributed by atoms with E-state index in [1.165, 1.54) is 0 Å². The summed E-state index contributed by atoms with van der Waals surface area (Å²) in [6.07, 6.45) is 0. The highest BCUT2D eigenvalue weighted by atomic mass is 35.5. The molecule has 1 aliphatic heterocycles. The first-order valence-electron chi connectivity index (χ1n) is 8.51. The van der Waals surface area contributed by atoms with Gasteiger partial charge in [-0.15, -0.1) is 11.3 Å². The van der Waals surface area contributed by atoms with E-state index >= 15 is 0 Å². The zero-order valence-corrected chi connectivity index (χ0v) is 16.0. The highest BCUT2D eigenvalue weighted by Crippen LogP contribution is 2.26. The zero-order valence-electron chi connectivity index (χ0n) is 14.4. The lowest BCUT2D eigenvalue weighted by Crippen LogP contribution is -2.47. The smallest absolute Gasteiger partial charge is 0.211 e. The van der Waals surface area contributed by atoms with Crippen LogP contribution in [0.3, 0.4) is 0 Å². The predicted octanol–water partition coefficient (Wildman–Crippen LogP) is 4.25. The number of fused-ring (bicyclic) bond motifs is 1. The minimum atomic E-state index is 0.0776. The Hall–Kier alpha value is -2.24. The van der Waals surface area contributed by atoms with E-state index in [2.05, 4.69) is 15.9 Å². The first kappa shape index (κ1) is 17.2. The van der Waals surface area contributed by atoms with E-state index < -0.39 is 0 Å². The quantitative estimate of drug-likeness (QED) is 0.673. The van der Waals surface area contributed by atoms with Gasteiger partial charge in [-0.2, -0.15) is 0 Å². The molecule has 0 atom stereocenters. The molecule has 0 aliphatic carbocycles. The number of methoxy groups -OCH3 is 1. The van der Waals surface area contributed by atoms with Crippen molar-refractivity contribution in [3.8, 4) is 5.75 Å². The van der Waals surface area contributed by atoms with Crippen LogP contribution in [0.5, 0.6) is 5.75 Å². The van der Waals surface area contributed by atoms with Gasteiger partial charge in [0.25, 0.3) is 0 Å². The summed E-state index contributed by atoms with van der Waals surface area (Å²) in [7, 11) is 1.62. The summed E-state index contributed by atoms with van der Waals surface area (Å²) in [6, 6.07) is 13.6. The second-order valence-electron chi connectivity index (χ2n) is 6.27. The van der Waals surface area contributed by atoms with Crippen LogP contribution in [0.15, 0.2) is 52.6 Å². The molecule has 3 aromatic rings. The summed E-state index contributed by atoms with van der Waals surface area (Å²) in [4.78, 5) is 17.5. The molecule has 0 bridgehead atoms. The molecule has 134 valence electrons. The number of halogens is 1. The van der Waals surface area contributed by atoms with Crippen LogP contribution in [0.1, 0.15) is 0 Å². The van der Waals surface area contributed by atoms with Crippen LogP contribution >= 0.6 is 22.9 Å².